The molecule has 1 saturated carbocycles. The first-order chi connectivity index (χ1) is 34.9. The van der Waals surface area contributed by atoms with E-state index in [9.17, 15) is 38.4 Å². The van der Waals surface area contributed by atoms with Crippen LogP contribution in [0.2, 0.25) is 0 Å². The van der Waals surface area contributed by atoms with E-state index in [-0.39, 0.29) is 86.3 Å². The molecule has 6 rings (SSSR count). The van der Waals surface area contributed by atoms with E-state index in [0.717, 1.165) is 55.2 Å². The highest BCUT2D eigenvalue weighted by atomic mass is 16.6. The fourth-order valence-corrected chi connectivity index (χ4v) is 11.0. The summed E-state index contributed by atoms with van der Waals surface area (Å²) in [6.45, 7) is 12.4. The predicted molar refractivity (Wildman–Crippen MR) is 281 cm³/mol. The fourth-order valence-electron chi connectivity index (χ4n) is 11.0. The molecule has 1 unspecified atom stereocenters. The molecule has 2 aromatic rings. The highest BCUT2D eigenvalue weighted by Gasteiger charge is 2.47. The van der Waals surface area contributed by atoms with Crippen molar-refractivity contribution in [2.75, 3.05) is 20.1 Å². The number of likely N-dealkylation sites (N-methyl/N-ethyl adjacent to an activating group) is 1. The molecule has 74 heavy (non-hydrogen) atoms. The molecule has 0 bridgehead atoms. The van der Waals surface area contributed by atoms with Gasteiger partial charge in [0, 0.05) is 56.9 Å². The maximum absolute atomic E-state index is 14.7. The van der Waals surface area contributed by atoms with Crippen molar-refractivity contribution >= 4 is 47.3 Å². The van der Waals surface area contributed by atoms with Crippen molar-refractivity contribution in [1.82, 2.24) is 36.4 Å². The largest absolute Gasteiger partial charge is 0.444 e. The summed E-state index contributed by atoms with van der Waals surface area (Å²) < 4.78 is 5.46. The number of carbonyl (C=O) groups is 8. The maximum atomic E-state index is 14.7. The van der Waals surface area contributed by atoms with Crippen LogP contribution in [0.4, 0.5) is 4.79 Å². The molecule has 10 atom stereocenters. The van der Waals surface area contributed by atoms with Gasteiger partial charge in [-0.15, -0.1) is 0 Å². The number of fused-ring (bicyclic) bond motifs is 2. The van der Waals surface area contributed by atoms with Gasteiger partial charge in [0.05, 0.1) is 18.1 Å². The molecule has 1 heterocycles. The molecule has 9 N–H and O–H groups in total. The van der Waals surface area contributed by atoms with E-state index < -0.39 is 71.0 Å². The molecule has 7 amide bonds. The van der Waals surface area contributed by atoms with Crippen molar-refractivity contribution in [3.05, 3.63) is 70.8 Å². The van der Waals surface area contributed by atoms with Gasteiger partial charge in [-0.1, -0.05) is 69.3 Å². The summed E-state index contributed by atoms with van der Waals surface area (Å²) in [6, 6.07) is 11.0. The Labute approximate surface area is 437 Å². The molecule has 0 spiro atoms. The van der Waals surface area contributed by atoms with Gasteiger partial charge in [-0.2, -0.15) is 0 Å². The molecule has 2 fully saturated rings. The monoisotopic (exact) mass is 1030 g/mol. The first kappa shape index (κ1) is 57.4. The lowest BCUT2D eigenvalue weighted by molar-refractivity contribution is -0.144. The number of Topliss-reactive ketones (excluding diaryl/α,β-unsaturated/α-hetero) is 1. The number of nitrogens with two attached hydrogens (primary N) is 2. The van der Waals surface area contributed by atoms with Gasteiger partial charge in [-0.3, -0.25) is 38.5 Å². The van der Waals surface area contributed by atoms with E-state index >= 15 is 0 Å². The Hall–Kier alpha value is -5.88. The number of aryl methyl sites for hydroxylation is 2. The Morgan fingerprint density at radius 3 is 1.92 bits per heavy atom. The number of likely N-dealkylation sites (tertiary alicyclic amines) is 1. The Morgan fingerprint density at radius 1 is 0.757 bits per heavy atom. The summed E-state index contributed by atoms with van der Waals surface area (Å²) >= 11 is 0. The number of nitrogens with one attached hydrogen (secondary N) is 5. The minimum absolute atomic E-state index is 0.00173. The van der Waals surface area contributed by atoms with Crippen LogP contribution < -0.4 is 38.1 Å². The maximum Gasteiger partial charge on any atom is 0.410 e. The van der Waals surface area contributed by atoms with E-state index in [1.54, 1.807) is 41.5 Å². The lowest BCUT2D eigenvalue weighted by Gasteiger charge is -2.37. The van der Waals surface area contributed by atoms with Gasteiger partial charge in [0.2, 0.25) is 35.4 Å². The van der Waals surface area contributed by atoms with Crippen LogP contribution in [-0.2, 0) is 51.1 Å². The van der Waals surface area contributed by atoms with Gasteiger partial charge in [0.15, 0.2) is 5.78 Å². The van der Waals surface area contributed by atoms with E-state index in [0.29, 0.717) is 25.7 Å². The first-order valence-electron chi connectivity index (χ1n) is 26.9. The second-order valence-corrected chi connectivity index (χ2v) is 23.2. The van der Waals surface area contributed by atoms with Crippen molar-refractivity contribution in [1.29, 1.82) is 0 Å². The quantitative estimate of drug-likeness (QED) is 0.0960. The van der Waals surface area contributed by atoms with Crippen LogP contribution in [0.3, 0.4) is 0 Å². The number of carbonyl (C=O) groups excluding carboxylic acids is 8. The standard InChI is InChI=1S/C56H83N9O9/c1-33(64(8)54(73)74-56(5,6)7)50(69)63-49(55(2,3)4)53(72)65-32-37(31-45(65)52(71)62-44-25-14-20-35-18-10-12-22-39(35)44)60-47(67)27-15-26-46(66)59-28-16-23-42(58)48(68)40-29-36(57)30-41(40)51(70)61-43-24-13-19-34-17-9-11-21-38(34)43/h9-12,17-18,21-22,33,36-37,40-45,49H,13-16,19-20,23-32,57-58H2,1-8H3,(H,59,66)(H,60,67)(H,61,70)(H,62,71)(H,63,69)/t33-,36+,37-,40?,41+,42-,43+,44+,45-,49+/m0/s1. The molecule has 406 valence electrons. The molecule has 4 aliphatic rings. The summed E-state index contributed by atoms with van der Waals surface area (Å²) in [5.74, 6) is -3.53. The van der Waals surface area contributed by atoms with Crippen LogP contribution in [0.25, 0.3) is 0 Å². The number of rotatable bonds is 19. The molecule has 18 nitrogen and oxygen atoms in total. The Balaban J connectivity index is 0.992. The van der Waals surface area contributed by atoms with Gasteiger partial charge in [-0.05, 0) is 132 Å². The van der Waals surface area contributed by atoms with Gasteiger partial charge in [-0.25, -0.2) is 4.79 Å². The summed E-state index contributed by atoms with van der Waals surface area (Å²) in [6.07, 6.45) is 6.61. The lowest BCUT2D eigenvalue weighted by atomic mass is 9.85. The number of hydrogen-bond donors (Lipinski definition) is 7. The third-order valence-corrected chi connectivity index (χ3v) is 15.2. The topological polar surface area (TPSA) is 264 Å². The zero-order chi connectivity index (χ0) is 54.1. The zero-order valence-corrected chi connectivity index (χ0v) is 44.9. The number of hydrogen-bond acceptors (Lipinski definition) is 11. The van der Waals surface area contributed by atoms with Crippen molar-refractivity contribution in [2.24, 2.45) is 28.7 Å². The molecule has 1 saturated heterocycles. The van der Waals surface area contributed by atoms with Crippen LogP contribution >= 0.6 is 0 Å². The number of ether oxygens (including phenoxy) is 1. The van der Waals surface area contributed by atoms with E-state index in [4.69, 9.17) is 16.2 Å². The van der Waals surface area contributed by atoms with Crippen molar-refractivity contribution in [3.63, 3.8) is 0 Å². The molecule has 18 heteroatoms. The van der Waals surface area contributed by atoms with Crippen LogP contribution in [-0.4, -0.2) is 119 Å². The number of ketones is 1. The van der Waals surface area contributed by atoms with Crippen LogP contribution in [0, 0.1) is 17.3 Å². The van der Waals surface area contributed by atoms with Crippen molar-refractivity contribution in [2.45, 2.75) is 192 Å². The van der Waals surface area contributed by atoms with Gasteiger partial charge >= 0.3 is 6.09 Å². The molecular formula is C56H83N9O9. The molecule has 2 aromatic carbocycles. The van der Waals surface area contributed by atoms with Crippen molar-refractivity contribution in [3.8, 4) is 0 Å². The van der Waals surface area contributed by atoms with Gasteiger partial charge in [0.1, 0.15) is 23.7 Å². The molecular weight excluding hydrogens is 943 g/mol. The Kier molecular flexibility index (Phi) is 19.5. The zero-order valence-electron chi connectivity index (χ0n) is 44.9. The average molecular weight is 1030 g/mol. The molecule has 3 aliphatic carbocycles. The highest BCUT2D eigenvalue weighted by molar-refractivity contribution is 5.95. The third-order valence-electron chi connectivity index (χ3n) is 15.2. The predicted octanol–water partition coefficient (Wildman–Crippen LogP) is 4.56. The van der Waals surface area contributed by atoms with Gasteiger partial charge in [0.25, 0.3) is 0 Å². The third kappa shape index (κ3) is 15.1. The average Bonchev–Trinajstić information content (AvgIpc) is 3.96. The van der Waals surface area contributed by atoms with Crippen LogP contribution in [0.5, 0.6) is 0 Å². The van der Waals surface area contributed by atoms with Crippen LogP contribution in [0.15, 0.2) is 48.5 Å². The molecule has 0 aromatic heterocycles. The second kappa shape index (κ2) is 25.1. The normalized spacial score (nSPS) is 23.7. The summed E-state index contributed by atoms with van der Waals surface area (Å²) in [5.41, 5.74) is 15.6. The van der Waals surface area contributed by atoms with E-state index in [2.05, 4.69) is 44.8 Å². The molecule has 1 aliphatic heterocycles. The summed E-state index contributed by atoms with van der Waals surface area (Å²) in [7, 11) is 1.45. The lowest BCUT2D eigenvalue weighted by Crippen LogP contribution is -2.60. The first-order valence-corrected chi connectivity index (χ1v) is 26.9. The van der Waals surface area contributed by atoms with Crippen molar-refractivity contribution < 1.29 is 43.1 Å². The number of amides is 7. The summed E-state index contributed by atoms with van der Waals surface area (Å²) in [4.78, 5) is 112. The smallest absolute Gasteiger partial charge is 0.410 e. The molecule has 0 radical (unpaired) electrons. The Bertz CT molecular complexity index is 2360. The van der Waals surface area contributed by atoms with E-state index in [1.807, 2.05) is 30.3 Å². The highest BCUT2D eigenvalue weighted by Crippen LogP contribution is 2.36. The summed E-state index contributed by atoms with van der Waals surface area (Å²) in [5, 5.41) is 15.1. The minimum atomic E-state index is -1.11. The Morgan fingerprint density at radius 2 is 1.32 bits per heavy atom. The number of benzene rings is 2. The second-order valence-electron chi connectivity index (χ2n) is 23.2. The van der Waals surface area contributed by atoms with Crippen LogP contribution in [0.1, 0.15) is 160 Å². The van der Waals surface area contributed by atoms with E-state index in [1.165, 1.54) is 29.3 Å². The number of nitrogens with zero attached hydrogens (tertiary/aromatic N) is 2. The SMILES string of the molecule is C[C@@H](C(=O)N[C@H](C(=O)N1C[C@@H](NC(=O)CCCC(=O)NCCC[C@H](N)C(=O)C2C[C@@H](N)C[C@H]2C(=O)N[C@@H]2CCCc3ccccc32)C[C@H]1C(=O)N[C@@H]1CCCc2ccccc21)C(C)(C)C)N(C)C(=O)OC(C)(C)C. The fraction of sp³-hybridized carbons (Fsp3) is 0.643. The van der Waals surface area contributed by atoms with Gasteiger partial charge < -0.3 is 47.7 Å². The minimum Gasteiger partial charge on any atom is -0.444 e.